The maximum Gasteiger partial charge on any atom is 0.155 e. The molecular weight excluding hydrogens is 238 g/mol. The average molecular weight is 265 g/mol. The number of rotatable bonds is 9. The Hall–Kier alpha value is -1.20. The molecule has 0 unspecified atom stereocenters. The summed E-state index contributed by atoms with van der Waals surface area (Å²) in [6.07, 6.45) is 2.84. The van der Waals surface area contributed by atoms with E-state index in [0.29, 0.717) is 6.54 Å². The molecule has 2 N–H and O–H groups in total. The van der Waals surface area contributed by atoms with Gasteiger partial charge in [-0.3, -0.25) is 0 Å². The Kier molecular flexibility index (Phi) is 7.36. The summed E-state index contributed by atoms with van der Waals surface area (Å²) in [6, 6.07) is 1.95. The largest absolute Gasteiger partial charge is 0.355 e. The number of hydrogen-bond acceptors (Lipinski definition) is 5. The van der Waals surface area contributed by atoms with Crippen LogP contribution in [0.25, 0.3) is 0 Å². The van der Waals surface area contributed by atoms with Crippen molar-refractivity contribution < 1.29 is 0 Å². The van der Waals surface area contributed by atoms with Crippen LogP contribution in [0.1, 0.15) is 32.8 Å². The van der Waals surface area contributed by atoms with Gasteiger partial charge in [0.05, 0.1) is 6.20 Å². The molecule has 19 heavy (non-hydrogen) atoms. The van der Waals surface area contributed by atoms with Crippen molar-refractivity contribution in [2.45, 2.75) is 33.7 Å². The van der Waals surface area contributed by atoms with Crippen molar-refractivity contribution in [2.24, 2.45) is 5.73 Å². The highest BCUT2D eigenvalue weighted by atomic mass is 15.3. The Bertz CT molecular complexity index is 351. The van der Waals surface area contributed by atoms with Gasteiger partial charge in [0.15, 0.2) is 5.82 Å². The van der Waals surface area contributed by atoms with Crippen molar-refractivity contribution in [2.75, 3.05) is 37.6 Å². The van der Waals surface area contributed by atoms with E-state index < -0.39 is 0 Å². The van der Waals surface area contributed by atoms with E-state index in [1.54, 1.807) is 6.20 Å². The molecule has 0 aliphatic carbocycles. The molecule has 0 radical (unpaired) electrons. The van der Waals surface area contributed by atoms with Crippen molar-refractivity contribution >= 4 is 5.82 Å². The summed E-state index contributed by atoms with van der Waals surface area (Å²) in [7, 11) is 0. The zero-order chi connectivity index (χ0) is 14.1. The monoisotopic (exact) mass is 265 g/mol. The standard InChI is InChI=1S/C14H27N5/c1-4-18(5-2)10-7-11-19(6-3)14-13(12-15)8-9-16-17-14/h8-9H,4-7,10-12,15H2,1-3H3. The first-order chi connectivity index (χ1) is 9.26. The van der Waals surface area contributed by atoms with Crippen LogP contribution in [0.3, 0.4) is 0 Å². The van der Waals surface area contributed by atoms with Crippen LogP contribution in [-0.2, 0) is 6.54 Å². The minimum absolute atomic E-state index is 0.511. The van der Waals surface area contributed by atoms with Crippen LogP contribution in [0.15, 0.2) is 12.3 Å². The molecule has 0 amide bonds. The number of hydrogen-bond donors (Lipinski definition) is 1. The Balaban J connectivity index is 2.58. The fourth-order valence-corrected chi connectivity index (χ4v) is 2.21. The van der Waals surface area contributed by atoms with E-state index in [1.165, 1.54) is 0 Å². The minimum atomic E-state index is 0.511. The molecule has 1 aromatic rings. The molecule has 0 spiro atoms. The van der Waals surface area contributed by atoms with Gasteiger partial charge in [0.1, 0.15) is 0 Å². The maximum absolute atomic E-state index is 5.76. The molecule has 1 aromatic heterocycles. The Morgan fingerprint density at radius 3 is 2.42 bits per heavy atom. The van der Waals surface area contributed by atoms with Gasteiger partial charge in [0.2, 0.25) is 0 Å². The van der Waals surface area contributed by atoms with Gasteiger partial charge in [0, 0.05) is 25.2 Å². The van der Waals surface area contributed by atoms with Crippen molar-refractivity contribution in [3.63, 3.8) is 0 Å². The molecular formula is C14H27N5. The van der Waals surface area contributed by atoms with E-state index in [1.807, 2.05) is 6.07 Å². The summed E-state index contributed by atoms with van der Waals surface area (Å²) >= 11 is 0. The molecule has 0 fully saturated rings. The topological polar surface area (TPSA) is 58.3 Å². The third kappa shape index (κ3) is 4.76. The second-order valence-corrected chi connectivity index (χ2v) is 4.54. The van der Waals surface area contributed by atoms with Gasteiger partial charge in [-0.1, -0.05) is 13.8 Å². The molecule has 108 valence electrons. The predicted octanol–water partition coefficient (Wildman–Crippen LogP) is 1.49. The highest BCUT2D eigenvalue weighted by Gasteiger charge is 2.11. The highest BCUT2D eigenvalue weighted by molar-refractivity contribution is 5.45. The summed E-state index contributed by atoms with van der Waals surface area (Å²) in [6.45, 7) is 12.4. The number of anilines is 1. The Morgan fingerprint density at radius 1 is 1.11 bits per heavy atom. The SMILES string of the molecule is CCN(CC)CCCN(CC)c1nnccc1CN. The molecule has 0 aliphatic rings. The van der Waals surface area contributed by atoms with Crippen LogP contribution in [0.2, 0.25) is 0 Å². The zero-order valence-corrected chi connectivity index (χ0v) is 12.5. The van der Waals surface area contributed by atoms with E-state index in [2.05, 4.69) is 40.8 Å². The second-order valence-electron chi connectivity index (χ2n) is 4.54. The number of nitrogens with zero attached hydrogens (tertiary/aromatic N) is 4. The molecule has 0 aromatic carbocycles. The quantitative estimate of drug-likeness (QED) is 0.733. The van der Waals surface area contributed by atoms with Gasteiger partial charge < -0.3 is 15.5 Å². The molecule has 0 atom stereocenters. The first kappa shape index (κ1) is 15.9. The number of aromatic nitrogens is 2. The first-order valence-corrected chi connectivity index (χ1v) is 7.24. The van der Waals surface area contributed by atoms with E-state index in [9.17, 15) is 0 Å². The van der Waals surface area contributed by atoms with Crippen molar-refractivity contribution in [3.8, 4) is 0 Å². The summed E-state index contributed by atoms with van der Waals surface area (Å²) in [4.78, 5) is 4.70. The van der Waals surface area contributed by atoms with Crippen LogP contribution in [0, 0.1) is 0 Å². The fraction of sp³-hybridized carbons (Fsp3) is 0.714. The lowest BCUT2D eigenvalue weighted by atomic mass is 10.2. The highest BCUT2D eigenvalue weighted by Crippen LogP contribution is 2.15. The zero-order valence-electron chi connectivity index (χ0n) is 12.5. The third-order valence-corrected chi connectivity index (χ3v) is 3.48. The van der Waals surface area contributed by atoms with Gasteiger partial charge in [-0.15, -0.1) is 5.10 Å². The van der Waals surface area contributed by atoms with Crippen molar-refractivity contribution in [3.05, 3.63) is 17.8 Å². The predicted molar refractivity (Wildman–Crippen MR) is 80.2 cm³/mol. The Labute approximate surface area is 116 Å². The molecule has 5 heteroatoms. The van der Waals surface area contributed by atoms with Crippen molar-refractivity contribution in [1.82, 2.24) is 15.1 Å². The van der Waals surface area contributed by atoms with E-state index in [-0.39, 0.29) is 0 Å². The lowest BCUT2D eigenvalue weighted by Crippen LogP contribution is -2.31. The smallest absolute Gasteiger partial charge is 0.155 e. The molecule has 0 saturated heterocycles. The normalized spacial score (nSPS) is 11.0. The van der Waals surface area contributed by atoms with Gasteiger partial charge in [-0.25, -0.2) is 0 Å². The van der Waals surface area contributed by atoms with Crippen LogP contribution >= 0.6 is 0 Å². The minimum Gasteiger partial charge on any atom is -0.355 e. The van der Waals surface area contributed by atoms with Gasteiger partial charge in [-0.2, -0.15) is 5.10 Å². The first-order valence-electron chi connectivity index (χ1n) is 7.24. The second kappa shape index (κ2) is 8.82. The molecule has 0 saturated carbocycles. The van der Waals surface area contributed by atoms with Gasteiger partial charge in [0.25, 0.3) is 0 Å². The maximum atomic E-state index is 5.76. The van der Waals surface area contributed by atoms with Crippen LogP contribution in [-0.4, -0.2) is 47.8 Å². The van der Waals surface area contributed by atoms with E-state index >= 15 is 0 Å². The molecule has 0 aliphatic heterocycles. The van der Waals surface area contributed by atoms with Crippen molar-refractivity contribution in [1.29, 1.82) is 0 Å². The summed E-state index contributed by atoms with van der Waals surface area (Å²) < 4.78 is 0. The van der Waals surface area contributed by atoms with Crippen LogP contribution < -0.4 is 10.6 Å². The number of nitrogens with two attached hydrogens (primary N) is 1. The summed E-state index contributed by atoms with van der Waals surface area (Å²) in [5.74, 6) is 0.937. The third-order valence-electron chi connectivity index (χ3n) is 3.48. The molecule has 1 heterocycles. The lowest BCUT2D eigenvalue weighted by Gasteiger charge is -2.25. The summed E-state index contributed by atoms with van der Waals surface area (Å²) in [5.41, 5.74) is 6.83. The average Bonchev–Trinajstić information content (AvgIpc) is 2.48. The Morgan fingerprint density at radius 2 is 1.84 bits per heavy atom. The molecule has 1 rings (SSSR count). The molecule has 5 nitrogen and oxygen atoms in total. The molecule has 0 bridgehead atoms. The van der Waals surface area contributed by atoms with Gasteiger partial charge in [-0.05, 0) is 39.0 Å². The van der Waals surface area contributed by atoms with Crippen LogP contribution in [0.4, 0.5) is 5.82 Å². The van der Waals surface area contributed by atoms with Crippen LogP contribution in [0.5, 0.6) is 0 Å². The fourth-order valence-electron chi connectivity index (χ4n) is 2.21. The lowest BCUT2D eigenvalue weighted by molar-refractivity contribution is 0.300. The van der Waals surface area contributed by atoms with E-state index in [0.717, 1.165) is 50.5 Å². The van der Waals surface area contributed by atoms with Gasteiger partial charge >= 0.3 is 0 Å². The van der Waals surface area contributed by atoms with E-state index in [4.69, 9.17) is 5.73 Å². The summed E-state index contributed by atoms with van der Waals surface area (Å²) in [5, 5.41) is 8.22.